The Kier molecular flexibility index (Phi) is 2.94. The molecule has 3 heteroatoms. The highest BCUT2D eigenvalue weighted by atomic mass is 16.1. The van der Waals surface area contributed by atoms with E-state index in [1.165, 1.54) is 0 Å². The van der Waals surface area contributed by atoms with E-state index in [4.69, 9.17) is 4.98 Å². The average Bonchev–Trinajstić information content (AvgIpc) is 3.07. The summed E-state index contributed by atoms with van der Waals surface area (Å²) < 4.78 is 1.83. The van der Waals surface area contributed by atoms with Crippen LogP contribution in [-0.4, -0.2) is 9.38 Å². The zero-order valence-corrected chi connectivity index (χ0v) is 16.1. The van der Waals surface area contributed by atoms with E-state index < -0.39 is 0 Å². The molecule has 7 rings (SSSR count). The first-order valence-electron chi connectivity index (χ1n) is 10.2. The molecule has 0 N–H and O–H groups in total. The highest BCUT2D eigenvalue weighted by Gasteiger charge is 2.20. The summed E-state index contributed by atoms with van der Waals surface area (Å²) >= 11 is 0. The number of benzene rings is 4. The first kappa shape index (κ1) is 15.9. The van der Waals surface area contributed by atoms with Crippen molar-refractivity contribution >= 4 is 61.1 Å². The number of nitrogens with zero attached hydrogens (tertiary/aromatic N) is 2. The second-order valence-electron chi connectivity index (χ2n) is 7.89. The van der Waals surface area contributed by atoms with Crippen LogP contribution in [0.3, 0.4) is 0 Å². The lowest BCUT2D eigenvalue weighted by atomic mass is 10.00. The van der Waals surface area contributed by atoms with Gasteiger partial charge in [-0.15, -0.1) is 0 Å². The molecule has 0 aliphatic heterocycles. The third-order valence-corrected chi connectivity index (χ3v) is 6.33. The van der Waals surface area contributed by atoms with E-state index in [0.717, 1.165) is 66.2 Å². The molecule has 0 unspecified atom stereocenters. The molecular weight excluding hydrogens is 368 g/mol. The minimum atomic E-state index is -0.000524. The molecule has 0 amide bonds. The maximum absolute atomic E-state index is 13.8. The molecule has 0 saturated carbocycles. The van der Waals surface area contributed by atoms with Crippen LogP contribution < -0.4 is 10.8 Å². The highest BCUT2D eigenvalue weighted by molar-refractivity contribution is 6.24. The second kappa shape index (κ2) is 5.55. The Labute approximate surface area is 171 Å². The topological polar surface area (TPSA) is 34.4 Å². The van der Waals surface area contributed by atoms with Gasteiger partial charge in [-0.05, 0) is 22.4 Å². The fourth-order valence-corrected chi connectivity index (χ4v) is 5.07. The van der Waals surface area contributed by atoms with Crippen molar-refractivity contribution in [3.63, 3.8) is 0 Å². The van der Waals surface area contributed by atoms with Crippen molar-refractivity contribution in [1.82, 2.24) is 9.38 Å². The number of rotatable bonds is 0. The van der Waals surface area contributed by atoms with E-state index in [9.17, 15) is 4.79 Å². The summed E-state index contributed by atoms with van der Waals surface area (Å²) in [4.78, 5) is 18.9. The predicted octanol–water partition coefficient (Wildman–Crippen LogP) is 5.22. The summed E-state index contributed by atoms with van der Waals surface area (Å²) in [5, 5.41) is 7.58. The Morgan fingerprint density at radius 3 is 2.30 bits per heavy atom. The molecule has 1 aliphatic rings. The SMILES string of the molecule is O=c1c2c3c(cccc3c3nc4c5ccccc5c5ccccc5c4n13)=CCC=C2. The van der Waals surface area contributed by atoms with Crippen LogP contribution in [0.5, 0.6) is 0 Å². The average molecular weight is 384 g/mol. The van der Waals surface area contributed by atoms with Gasteiger partial charge in [0.2, 0.25) is 0 Å². The quantitative estimate of drug-likeness (QED) is 0.336. The highest BCUT2D eigenvalue weighted by Crippen LogP contribution is 2.36. The molecule has 0 spiro atoms. The third kappa shape index (κ3) is 1.85. The summed E-state index contributed by atoms with van der Waals surface area (Å²) in [5.41, 5.74) is 3.27. The van der Waals surface area contributed by atoms with Crippen molar-refractivity contribution in [2.24, 2.45) is 0 Å². The zero-order valence-electron chi connectivity index (χ0n) is 16.1. The van der Waals surface area contributed by atoms with Crippen molar-refractivity contribution in [2.45, 2.75) is 6.42 Å². The summed E-state index contributed by atoms with van der Waals surface area (Å²) in [6, 6.07) is 22.9. The van der Waals surface area contributed by atoms with Gasteiger partial charge in [0, 0.05) is 27.1 Å². The van der Waals surface area contributed by atoms with Crippen molar-refractivity contribution < 1.29 is 0 Å². The summed E-state index contributed by atoms with van der Waals surface area (Å²) in [5.74, 6) is 0. The summed E-state index contributed by atoms with van der Waals surface area (Å²) in [6.45, 7) is 0. The van der Waals surface area contributed by atoms with Gasteiger partial charge in [0.05, 0.1) is 11.0 Å². The monoisotopic (exact) mass is 384 g/mol. The van der Waals surface area contributed by atoms with Gasteiger partial charge >= 0.3 is 0 Å². The van der Waals surface area contributed by atoms with Crippen LogP contribution in [0.15, 0.2) is 77.6 Å². The van der Waals surface area contributed by atoms with Crippen LogP contribution in [0.1, 0.15) is 12.0 Å². The Bertz CT molecular complexity index is 1840. The van der Waals surface area contributed by atoms with Crippen LogP contribution >= 0.6 is 0 Å². The number of pyridine rings is 1. The van der Waals surface area contributed by atoms with E-state index in [-0.39, 0.29) is 5.56 Å². The fourth-order valence-electron chi connectivity index (χ4n) is 5.07. The van der Waals surface area contributed by atoms with Gasteiger partial charge < -0.3 is 0 Å². The Balaban J connectivity index is 1.91. The molecule has 2 heterocycles. The molecule has 0 radical (unpaired) electrons. The van der Waals surface area contributed by atoms with Crippen molar-refractivity contribution in [3.8, 4) is 0 Å². The first-order chi connectivity index (χ1) is 14.8. The normalized spacial score (nSPS) is 13.5. The standard InChI is InChI=1S/C27H16N2O/c30-27-22-14-2-1-8-16-9-7-15-21(23(16)22)26-28-24-19-12-5-3-10-17(19)18-11-4-6-13-20(18)25(24)29(26)27/h2-15H,1H2. The molecule has 2 aromatic heterocycles. The fraction of sp³-hybridized carbons (Fsp3) is 0.0370. The molecule has 0 bridgehead atoms. The number of aromatic nitrogens is 2. The van der Waals surface area contributed by atoms with Gasteiger partial charge in [-0.3, -0.25) is 9.20 Å². The van der Waals surface area contributed by atoms with Gasteiger partial charge in [-0.1, -0.05) is 85.0 Å². The minimum absolute atomic E-state index is 0.000524. The number of hydrogen-bond acceptors (Lipinski definition) is 2. The lowest BCUT2D eigenvalue weighted by molar-refractivity contribution is 1.16. The maximum Gasteiger partial charge on any atom is 0.264 e. The molecule has 4 aromatic carbocycles. The van der Waals surface area contributed by atoms with Crippen molar-refractivity contribution in [3.05, 3.63) is 93.9 Å². The van der Waals surface area contributed by atoms with Gasteiger partial charge in [0.1, 0.15) is 5.65 Å². The zero-order chi connectivity index (χ0) is 19.8. The lowest BCUT2D eigenvalue weighted by Crippen LogP contribution is -2.19. The number of fused-ring (bicyclic) bond motifs is 9. The van der Waals surface area contributed by atoms with Crippen LogP contribution in [0.4, 0.5) is 0 Å². The maximum atomic E-state index is 13.8. The molecule has 3 nitrogen and oxygen atoms in total. The Morgan fingerprint density at radius 2 is 1.47 bits per heavy atom. The largest absolute Gasteiger partial charge is 0.268 e. The first-order valence-corrected chi connectivity index (χ1v) is 10.2. The number of allylic oxidation sites excluding steroid dienone is 1. The molecular formula is C27H16N2O. The van der Waals surface area contributed by atoms with Crippen LogP contribution in [0.2, 0.25) is 0 Å². The van der Waals surface area contributed by atoms with E-state index in [0.29, 0.717) is 0 Å². The number of imidazole rings is 1. The lowest BCUT2D eigenvalue weighted by Gasteiger charge is -2.08. The molecule has 30 heavy (non-hydrogen) atoms. The smallest absolute Gasteiger partial charge is 0.264 e. The van der Waals surface area contributed by atoms with Gasteiger partial charge in [0.15, 0.2) is 0 Å². The van der Waals surface area contributed by atoms with Crippen molar-refractivity contribution in [1.29, 1.82) is 0 Å². The molecule has 0 saturated heterocycles. The van der Waals surface area contributed by atoms with E-state index in [2.05, 4.69) is 66.7 Å². The van der Waals surface area contributed by atoms with Crippen molar-refractivity contribution in [2.75, 3.05) is 0 Å². The second-order valence-corrected chi connectivity index (χ2v) is 7.89. The summed E-state index contributed by atoms with van der Waals surface area (Å²) in [7, 11) is 0. The molecule has 1 aliphatic carbocycles. The van der Waals surface area contributed by atoms with Gasteiger partial charge in [-0.2, -0.15) is 0 Å². The van der Waals surface area contributed by atoms with E-state index >= 15 is 0 Å². The number of hydrogen-bond donors (Lipinski definition) is 0. The third-order valence-electron chi connectivity index (χ3n) is 6.33. The molecule has 0 fully saturated rings. The Hall–Kier alpha value is -3.98. The van der Waals surface area contributed by atoms with E-state index in [1.54, 1.807) is 0 Å². The minimum Gasteiger partial charge on any atom is -0.268 e. The summed E-state index contributed by atoms with van der Waals surface area (Å²) in [6.07, 6.45) is 7.05. The predicted molar refractivity (Wildman–Crippen MR) is 125 cm³/mol. The molecule has 0 atom stereocenters. The molecule has 6 aromatic rings. The van der Waals surface area contributed by atoms with Gasteiger partial charge in [-0.25, -0.2) is 4.98 Å². The van der Waals surface area contributed by atoms with E-state index in [1.807, 2.05) is 22.6 Å². The Morgan fingerprint density at radius 1 is 0.767 bits per heavy atom. The van der Waals surface area contributed by atoms with Crippen LogP contribution in [0, 0.1) is 0 Å². The van der Waals surface area contributed by atoms with Crippen LogP contribution in [-0.2, 0) is 0 Å². The molecule has 140 valence electrons. The van der Waals surface area contributed by atoms with Gasteiger partial charge in [0.25, 0.3) is 5.56 Å². The van der Waals surface area contributed by atoms with Crippen LogP contribution in [0.25, 0.3) is 61.1 Å².